The molecule has 0 aliphatic rings. The van der Waals surface area contributed by atoms with Crippen LogP contribution < -0.4 is 10.9 Å². The van der Waals surface area contributed by atoms with Gasteiger partial charge in [0.2, 0.25) is 0 Å². The van der Waals surface area contributed by atoms with Gasteiger partial charge in [0.25, 0.3) is 5.56 Å². The summed E-state index contributed by atoms with van der Waals surface area (Å²) in [6, 6.07) is 1.46. The van der Waals surface area contributed by atoms with E-state index in [1.54, 1.807) is 0 Å². The van der Waals surface area contributed by atoms with Gasteiger partial charge in [-0.15, -0.1) is 0 Å². The Balaban J connectivity index is 2.59. The fourth-order valence-electron chi connectivity index (χ4n) is 1.36. The van der Waals surface area contributed by atoms with Crippen LogP contribution in [-0.2, 0) is 11.2 Å². The number of nitrogens with zero attached hydrogens (tertiary/aromatic N) is 1. The van der Waals surface area contributed by atoms with Gasteiger partial charge >= 0.3 is 0 Å². The van der Waals surface area contributed by atoms with E-state index in [0.29, 0.717) is 31.2 Å². The number of hydrogen-bond acceptors (Lipinski definition) is 4. The number of nitrogens with one attached hydrogen (secondary N) is 2. The van der Waals surface area contributed by atoms with Gasteiger partial charge in [0.1, 0.15) is 11.6 Å². The summed E-state index contributed by atoms with van der Waals surface area (Å²) >= 11 is 0. The zero-order valence-corrected chi connectivity index (χ0v) is 10.0. The van der Waals surface area contributed by atoms with Gasteiger partial charge < -0.3 is 15.0 Å². The number of aromatic amines is 1. The maximum absolute atomic E-state index is 11.3. The quantitative estimate of drug-likeness (QED) is 0.762. The van der Waals surface area contributed by atoms with Gasteiger partial charge in [-0.1, -0.05) is 6.92 Å². The molecule has 5 nitrogen and oxygen atoms in total. The topological polar surface area (TPSA) is 67.0 Å². The molecule has 0 fully saturated rings. The first-order valence-electron chi connectivity index (χ1n) is 5.61. The summed E-state index contributed by atoms with van der Waals surface area (Å²) in [6.07, 6.45) is 0.822. The molecule has 0 spiro atoms. The van der Waals surface area contributed by atoms with Crippen LogP contribution in [0.15, 0.2) is 10.9 Å². The minimum Gasteiger partial charge on any atom is -0.377 e. The Kier molecular flexibility index (Phi) is 4.98. The van der Waals surface area contributed by atoms with Gasteiger partial charge in [-0.2, -0.15) is 0 Å². The smallest absolute Gasteiger partial charge is 0.252 e. The number of anilines is 1. The molecule has 1 aromatic heterocycles. The molecule has 1 heterocycles. The van der Waals surface area contributed by atoms with Crippen LogP contribution in [0.1, 0.15) is 26.6 Å². The minimum absolute atomic E-state index is 0.108. The van der Waals surface area contributed by atoms with Gasteiger partial charge in [0, 0.05) is 25.6 Å². The molecule has 5 heteroatoms. The van der Waals surface area contributed by atoms with Crippen molar-refractivity contribution in [2.24, 2.45) is 0 Å². The first-order valence-corrected chi connectivity index (χ1v) is 5.61. The Hall–Kier alpha value is -1.36. The van der Waals surface area contributed by atoms with Crippen LogP contribution in [0.3, 0.4) is 0 Å². The molecule has 0 saturated heterocycles. The molecule has 0 saturated carbocycles. The average molecular weight is 225 g/mol. The van der Waals surface area contributed by atoms with E-state index in [4.69, 9.17) is 4.74 Å². The van der Waals surface area contributed by atoms with Gasteiger partial charge in [0.15, 0.2) is 0 Å². The number of rotatable bonds is 6. The van der Waals surface area contributed by atoms with Crippen LogP contribution in [0.2, 0.25) is 0 Å². The van der Waals surface area contributed by atoms with Crippen molar-refractivity contribution in [3.05, 3.63) is 22.2 Å². The first kappa shape index (κ1) is 12.7. The van der Waals surface area contributed by atoms with Crippen LogP contribution in [-0.4, -0.2) is 29.2 Å². The van der Waals surface area contributed by atoms with Crippen LogP contribution in [0, 0.1) is 0 Å². The van der Waals surface area contributed by atoms with Crippen molar-refractivity contribution in [2.45, 2.75) is 33.3 Å². The average Bonchev–Trinajstić information content (AvgIpc) is 2.26. The second-order valence-electron chi connectivity index (χ2n) is 3.58. The molecular weight excluding hydrogens is 206 g/mol. The van der Waals surface area contributed by atoms with Crippen LogP contribution in [0.25, 0.3) is 0 Å². The summed E-state index contributed by atoms with van der Waals surface area (Å²) in [4.78, 5) is 18.2. The Morgan fingerprint density at radius 2 is 2.31 bits per heavy atom. The molecule has 16 heavy (non-hydrogen) atoms. The molecule has 0 aliphatic heterocycles. The second-order valence-corrected chi connectivity index (χ2v) is 3.58. The van der Waals surface area contributed by atoms with Crippen molar-refractivity contribution in [2.75, 3.05) is 18.5 Å². The SMILES string of the molecule is CCOC(C)CNc1cc(=O)[nH]c(CC)n1. The fourth-order valence-corrected chi connectivity index (χ4v) is 1.36. The fraction of sp³-hybridized carbons (Fsp3) is 0.636. The molecule has 1 unspecified atom stereocenters. The van der Waals surface area contributed by atoms with E-state index in [1.165, 1.54) is 6.07 Å². The van der Waals surface area contributed by atoms with E-state index in [1.807, 2.05) is 20.8 Å². The monoisotopic (exact) mass is 225 g/mol. The lowest BCUT2D eigenvalue weighted by molar-refractivity contribution is 0.0855. The number of aryl methyl sites for hydroxylation is 1. The Bertz CT molecular complexity index is 376. The van der Waals surface area contributed by atoms with Crippen LogP contribution in [0.5, 0.6) is 0 Å². The van der Waals surface area contributed by atoms with E-state index in [2.05, 4.69) is 15.3 Å². The highest BCUT2D eigenvalue weighted by atomic mass is 16.5. The molecule has 1 rings (SSSR count). The lowest BCUT2D eigenvalue weighted by Crippen LogP contribution is -2.22. The number of H-pyrrole nitrogens is 1. The standard InChI is InChI=1S/C11H19N3O2/c1-4-9-13-10(6-11(15)14-9)12-7-8(3)16-5-2/h6,8H,4-5,7H2,1-3H3,(H2,12,13,14,15). The summed E-state index contributed by atoms with van der Waals surface area (Å²) < 4.78 is 5.37. The second kappa shape index (κ2) is 6.27. The minimum atomic E-state index is -0.126. The highest BCUT2D eigenvalue weighted by Gasteiger charge is 2.03. The van der Waals surface area contributed by atoms with Gasteiger partial charge in [-0.05, 0) is 13.8 Å². The molecule has 0 radical (unpaired) electrons. The molecule has 0 aliphatic carbocycles. The zero-order chi connectivity index (χ0) is 12.0. The van der Waals surface area contributed by atoms with E-state index in [9.17, 15) is 4.79 Å². The predicted molar refractivity (Wildman–Crippen MR) is 63.8 cm³/mol. The molecule has 90 valence electrons. The molecule has 0 aromatic carbocycles. The van der Waals surface area contributed by atoms with E-state index in [0.717, 1.165) is 0 Å². The molecule has 0 bridgehead atoms. The summed E-state index contributed by atoms with van der Waals surface area (Å²) in [5, 5.41) is 3.09. The predicted octanol–water partition coefficient (Wildman–Crippen LogP) is 1.17. The van der Waals surface area contributed by atoms with Crippen molar-refractivity contribution in [1.29, 1.82) is 0 Å². The van der Waals surface area contributed by atoms with Crippen molar-refractivity contribution < 1.29 is 4.74 Å². The third kappa shape index (κ3) is 4.02. The Morgan fingerprint density at radius 3 is 2.94 bits per heavy atom. The maximum Gasteiger partial charge on any atom is 0.252 e. The summed E-state index contributed by atoms with van der Waals surface area (Å²) in [5.41, 5.74) is -0.126. The van der Waals surface area contributed by atoms with E-state index < -0.39 is 0 Å². The Morgan fingerprint density at radius 1 is 1.56 bits per heavy atom. The highest BCUT2D eigenvalue weighted by Crippen LogP contribution is 2.00. The van der Waals surface area contributed by atoms with Gasteiger partial charge in [-0.25, -0.2) is 4.98 Å². The normalized spacial score (nSPS) is 12.4. The molecular formula is C11H19N3O2. The van der Waals surface area contributed by atoms with Crippen molar-refractivity contribution in [3.63, 3.8) is 0 Å². The number of hydrogen-bond donors (Lipinski definition) is 2. The summed E-state index contributed by atoms with van der Waals surface area (Å²) in [7, 11) is 0. The van der Waals surface area contributed by atoms with Gasteiger partial charge in [0.05, 0.1) is 6.10 Å². The maximum atomic E-state index is 11.3. The Labute approximate surface area is 95.3 Å². The lowest BCUT2D eigenvalue weighted by Gasteiger charge is -2.13. The number of ether oxygens (including phenoxy) is 1. The van der Waals surface area contributed by atoms with E-state index >= 15 is 0 Å². The van der Waals surface area contributed by atoms with Crippen molar-refractivity contribution in [1.82, 2.24) is 9.97 Å². The first-order chi connectivity index (χ1) is 7.65. The van der Waals surface area contributed by atoms with Crippen LogP contribution in [0.4, 0.5) is 5.82 Å². The van der Waals surface area contributed by atoms with Gasteiger partial charge in [-0.3, -0.25) is 4.79 Å². The largest absolute Gasteiger partial charge is 0.377 e. The summed E-state index contributed by atoms with van der Waals surface area (Å²) in [5.74, 6) is 1.30. The molecule has 0 amide bonds. The summed E-state index contributed by atoms with van der Waals surface area (Å²) in [6.45, 7) is 7.21. The van der Waals surface area contributed by atoms with E-state index in [-0.39, 0.29) is 11.7 Å². The lowest BCUT2D eigenvalue weighted by atomic mass is 10.4. The number of aromatic nitrogens is 2. The molecule has 1 atom stereocenters. The van der Waals surface area contributed by atoms with Crippen molar-refractivity contribution >= 4 is 5.82 Å². The highest BCUT2D eigenvalue weighted by molar-refractivity contribution is 5.32. The third-order valence-corrected chi connectivity index (χ3v) is 2.15. The van der Waals surface area contributed by atoms with Crippen molar-refractivity contribution in [3.8, 4) is 0 Å². The third-order valence-electron chi connectivity index (χ3n) is 2.15. The molecule has 1 aromatic rings. The zero-order valence-electron chi connectivity index (χ0n) is 10.0. The van der Waals surface area contributed by atoms with Crippen LogP contribution >= 0.6 is 0 Å². The molecule has 2 N–H and O–H groups in total.